The van der Waals surface area contributed by atoms with Crippen LogP contribution in [-0.4, -0.2) is 10.2 Å². The van der Waals surface area contributed by atoms with Crippen LogP contribution in [0.1, 0.15) is 0 Å². The lowest BCUT2D eigenvalue weighted by Gasteiger charge is -1.69. The van der Waals surface area contributed by atoms with Crippen molar-refractivity contribution in [1.29, 1.82) is 0 Å². The monoisotopic (exact) mass is 211 g/mol. The van der Waals surface area contributed by atoms with E-state index in [2.05, 4.69) is 14.6 Å². The van der Waals surface area contributed by atoms with Gasteiger partial charge in [-0.2, -0.15) is 0 Å². The van der Waals surface area contributed by atoms with E-state index in [1.165, 1.54) is 0 Å². The van der Waals surface area contributed by atoms with Crippen LogP contribution in [0.3, 0.4) is 0 Å². The predicted molar refractivity (Wildman–Crippen MR) is 31.4 cm³/mol. The molecule has 0 bridgehead atoms. The van der Waals surface area contributed by atoms with Gasteiger partial charge in [0.15, 0.2) is 0 Å². The number of aromatic nitrogens is 2. The molecule has 5 heteroatoms. The zero-order valence-electron chi connectivity index (χ0n) is 3.26. The van der Waals surface area contributed by atoms with E-state index in [9.17, 15) is 0 Å². The van der Waals surface area contributed by atoms with Crippen LogP contribution in [-0.2, 0) is 0 Å². The van der Waals surface area contributed by atoms with Crippen LogP contribution in [0.2, 0.25) is 0 Å². The lowest BCUT2D eigenvalue weighted by Crippen LogP contribution is -1.81. The summed E-state index contributed by atoms with van der Waals surface area (Å²) in [7, 11) is 0. The topological polar surface area (TPSA) is 64.9 Å². The fourth-order valence-electron chi connectivity index (χ4n) is 0.216. The number of anilines is 1. The first-order valence-electron chi connectivity index (χ1n) is 1.53. The molecule has 4 nitrogen and oxygen atoms in total. The van der Waals surface area contributed by atoms with Crippen LogP contribution in [0.15, 0.2) is 4.42 Å². The molecule has 7 heavy (non-hydrogen) atoms. The van der Waals surface area contributed by atoms with Crippen LogP contribution in [0.5, 0.6) is 0 Å². The maximum absolute atomic E-state index is 5.03. The molecule has 0 unspecified atom stereocenters. The normalized spacial score (nSPS) is 9.29. The highest BCUT2D eigenvalue weighted by molar-refractivity contribution is 14.1. The van der Waals surface area contributed by atoms with E-state index < -0.39 is 0 Å². The smallest absolute Gasteiger partial charge is 0.313 e. The van der Waals surface area contributed by atoms with Crippen molar-refractivity contribution in [1.82, 2.24) is 10.2 Å². The van der Waals surface area contributed by atoms with Crippen molar-refractivity contribution < 1.29 is 4.42 Å². The highest BCUT2D eigenvalue weighted by Crippen LogP contribution is 2.01. The summed E-state index contributed by atoms with van der Waals surface area (Å²) in [6.07, 6.45) is 0. The zero-order valence-corrected chi connectivity index (χ0v) is 5.42. The molecule has 1 rings (SSSR count). The van der Waals surface area contributed by atoms with Gasteiger partial charge in [0.25, 0.3) is 3.90 Å². The third kappa shape index (κ3) is 1.02. The maximum atomic E-state index is 5.03. The molecule has 0 aliphatic carbocycles. The summed E-state index contributed by atoms with van der Waals surface area (Å²) in [6.45, 7) is 0. The van der Waals surface area contributed by atoms with Gasteiger partial charge in [-0.15, -0.1) is 5.10 Å². The van der Waals surface area contributed by atoms with Crippen LogP contribution >= 0.6 is 22.6 Å². The van der Waals surface area contributed by atoms with Gasteiger partial charge in [0, 0.05) is 22.6 Å². The van der Waals surface area contributed by atoms with Gasteiger partial charge in [-0.1, -0.05) is 5.10 Å². The van der Waals surface area contributed by atoms with Crippen molar-refractivity contribution in [3.8, 4) is 0 Å². The van der Waals surface area contributed by atoms with E-state index in [1.807, 2.05) is 22.6 Å². The fourth-order valence-corrected chi connectivity index (χ4v) is 0.549. The minimum absolute atomic E-state index is 0.115. The summed E-state index contributed by atoms with van der Waals surface area (Å²) < 4.78 is 5.09. The molecule has 0 aromatic carbocycles. The minimum Gasteiger partial charge on any atom is -0.399 e. The minimum atomic E-state index is 0.115. The summed E-state index contributed by atoms with van der Waals surface area (Å²) in [5.74, 6) is 0. The summed E-state index contributed by atoms with van der Waals surface area (Å²) >= 11 is 1.88. The van der Waals surface area contributed by atoms with E-state index >= 15 is 0 Å². The highest BCUT2D eigenvalue weighted by atomic mass is 127. The highest BCUT2D eigenvalue weighted by Gasteiger charge is 1.92. The molecule has 0 spiro atoms. The summed E-state index contributed by atoms with van der Waals surface area (Å²) in [5, 5.41) is 6.83. The van der Waals surface area contributed by atoms with E-state index in [1.54, 1.807) is 0 Å². The average molecular weight is 211 g/mol. The Balaban J connectivity index is 3.04. The van der Waals surface area contributed by atoms with Crippen LogP contribution in [0.25, 0.3) is 0 Å². The first kappa shape index (κ1) is 4.82. The second kappa shape index (κ2) is 1.65. The lowest BCUT2D eigenvalue weighted by molar-refractivity contribution is 0.542. The fraction of sp³-hybridized carbons (Fsp3) is 0. The molecule has 0 fully saturated rings. The average Bonchev–Trinajstić information content (AvgIpc) is 1.87. The lowest BCUT2D eigenvalue weighted by atomic mass is 11.2. The molecule has 0 saturated carbocycles. The van der Waals surface area contributed by atoms with Crippen LogP contribution in [0, 0.1) is 3.90 Å². The number of halogens is 1. The van der Waals surface area contributed by atoms with Gasteiger partial charge in [0.2, 0.25) is 0 Å². The Labute approximate surface area is 53.2 Å². The summed E-state index contributed by atoms with van der Waals surface area (Å²) in [6, 6.07) is 0.115. The number of nitrogens with two attached hydrogens (primary N) is 1. The van der Waals surface area contributed by atoms with Crippen molar-refractivity contribution >= 4 is 28.6 Å². The molecule has 1 aromatic rings. The summed E-state index contributed by atoms with van der Waals surface area (Å²) in [4.78, 5) is 0. The van der Waals surface area contributed by atoms with Crippen molar-refractivity contribution in [2.75, 3.05) is 5.73 Å². The molecule has 0 atom stereocenters. The van der Waals surface area contributed by atoms with E-state index in [4.69, 9.17) is 5.73 Å². The van der Waals surface area contributed by atoms with E-state index in [-0.39, 0.29) is 6.01 Å². The van der Waals surface area contributed by atoms with Gasteiger partial charge >= 0.3 is 6.01 Å². The van der Waals surface area contributed by atoms with Crippen LogP contribution < -0.4 is 5.73 Å². The third-order valence-corrected chi connectivity index (χ3v) is 0.852. The van der Waals surface area contributed by atoms with Crippen molar-refractivity contribution in [3.05, 3.63) is 3.90 Å². The zero-order chi connectivity index (χ0) is 5.28. The standard InChI is InChI=1S/C2H2IN3O/c3-1-5-6-2(4)7-1/h(H2,4,6). The molecule has 0 amide bonds. The summed E-state index contributed by atoms with van der Waals surface area (Å²) in [5.41, 5.74) is 5.03. The Morgan fingerprint density at radius 3 is 2.43 bits per heavy atom. The molecule has 1 aromatic heterocycles. The second-order valence-corrected chi connectivity index (χ2v) is 1.82. The van der Waals surface area contributed by atoms with Gasteiger partial charge in [0.05, 0.1) is 0 Å². The number of rotatable bonds is 0. The first-order valence-corrected chi connectivity index (χ1v) is 2.61. The number of nitrogens with zero attached hydrogens (tertiary/aromatic N) is 2. The predicted octanol–water partition coefficient (Wildman–Crippen LogP) is 0.256. The molecular formula is C2H2IN3O. The van der Waals surface area contributed by atoms with Gasteiger partial charge in [-0.3, -0.25) is 0 Å². The van der Waals surface area contributed by atoms with Gasteiger partial charge in [-0.05, 0) is 0 Å². The first-order chi connectivity index (χ1) is 3.29. The SMILES string of the molecule is Nc1nnc(I)o1. The van der Waals surface area contributed by atoms with Crippen molar-refractivity contribution in [3.63, 3.8) is 0 Å². The molecule has 0 radical (unpaired) electrons. The molecule has 0 aliphatic heterocycles. The van der Waals surface area contributed by atoms with Crippen molar-refractivity contribution in [2.45, 2.75) is 0 Å². The Bertz CT molecular complexity index is 145. The van der Waals surface area contributed by atoms with Crippen molar-refractivity contribution in [2.24, 2.45) is 0 Å². The molecular weight excluding hydrogens is 209 g/mol. The van der Waals surface area contributed by atoms with Gasteiger partial charge in [0.1, 0.15) is 0 Å². The number of hydrogen-bond acceptors (Lipinski definition) is 4. The van der Waals surface area contributed by atoms with E-state index in [0.717, 1.165) is 0 Å². The Hall–Kier alpha value is -0.330. The van der Waals surface area contributed by atoms with Crippen LogP contribution in [0.4, 0.5) is 6.01 Å². The number of hydrogen-bond donors (Lipinski definition) is 1. The Kier molecular flexibility index (Phi) is 1.13. The Morgan fingerprint density at radius 2 is 2.29 bits per heavy atom. The molecule has 0 saturated heterocycles. The molecule has 38 valence electrons. The van der Waals surface area contributed by atoms with Gasteiger partial charge in [-0.25, -0.2) is 0 Å². The Morgan fingerprint density at radius 1 is 1.57 bits per heavy atom. The maximum Gasteiger partial charge on any atom is 0.313 e. The van der Waals surface area contributed by atoms with E-state index in [0.29, 0.717) is 3.90 Å². The largest absolute Gasteiger partial charge is 0.399 e. The molecule has 0 aliphatic rings. The van der Waals surface area contributed by atoms with Gasteiger partial charge < -0.3 is 10.2 Å². The molecule has 1 heterocycles. The molecule has 2 N–H and O–H groups in total. The number of nitrogen functional groups attached to an aromatic ring is 1. The quantitative estimate of drug-likeness (QED) is 0.625. The third-order valence-electron chi connectivity index (χ3n) is 0.416. The second-order valence-electron chi connectivity index (χ2n) is 0.893.